The van der Waals surface area contributed by atoms with Gasteiger partial charge in [-0.1, -0.05) is 45.3 Å². The molecule has 198 valence electrons. The molecule has 0 spiro atoms. The minimum Gasteiger partial charge on any atom is -0.393 e. The van der Waals surface area contributed by atoms with Gasteiger partial charge in [0, 0.05) is 16.7 Å². The van der Waals surface area contributed by atoms with Gasteiger partial charge in [0.1, 0.15) is 0 Å². The highest BCUT2D eigenvalue weighted by atomic mass is 16.7. The van der Waals surface area contributed by atoms with Crippen molar-refractivity contribution >= 4 is 11.6 Å². The van der Waals surface area contributed by atoms with Crippen LogP contribution in [0.15, 0.2) is 23.8 Å². The van der Waals surface area contributed by atoms with Crippen molar-refractivity contribution in [2.24, 2.45) is 28.6 Å². The topological polar surface area (TPSA) is 76.1 Å². The Morgan fingerprint density at radius 1 is 1.22 bits per heavy atom. The molecule has 6 nitrogen and oxygen atoms in total. The Kier molecular flexibility index (Phi) is 6.14. The molecule has 2 heterocycles. The van der Waals surface area contributed by atoms with Crippen molar-refractivity contribution in [2.45, 2.75) is 103 Å². The highest BCUT2D eigenvalue weighted by Gasteiger charge is 2.75. The molecule has 1 unspecified atom stereocenters. The zero-order valence-electron chi connectivity index (χ0n) is 22.2. The predicted molar refractivity (Wildman–Crippen MR) is 136 cm³/mol. The van der Waals surface area contributed by atoms with E-state index in [1.807, 2.05) is 6.08 Å². The van der Waals surface area contributed by atoms with Gasteiger partial charge in [-0.2, -0.15) is 0 Å². The van der Waals surface area contributed by atoms with Crippen LogP contribution in [-0.4, -0.2) is 65.3 Å². The number of Topliss-reactive ketones (excluding diaryl/α,β-unsaturated/α-hetero) is 1. The van der Waals surface area contributed by atoms with E-state index in [-0.39, 0.29) is 47.1 Å². The number of hydrogen-bond acceptors (Lipinski definition) is 6. The van der Waals surface area contributed by atoms with Gasteiger partial charge < -0.3 is 14.6 Å². The van der Waals surface area contributed by atoms with Crippen LogP contribution in [0.5, 0.6) is 0 Å². The number of piperidine rings is 1. The highest BCUT2D eigenvalue weighted by Crippen LogP contribution is 2.69. The summed E-state index contributed by atoms with van der Waals surface area (Å²) in [6.07, 6.45) is 12.8. The van der Waals surface area contributed by atoms with E-state index in [9.17, 15) is 14.7 Å². The van der Waals surface area contributed by atoms with Gasteiger partial charge in [0.2, 0.25) is 0 Å². The van der Waals surface area contributed by atoms with Crippen molar-refractivity contribution in [3.05, 3.63) is 23.8 Å². The molecule has 0 aromatic heterocycles. The fourth-order valence-corrected chi connectivity index (χ4v) is 9.44. The number of ketones is 2. The Bertz CT molecular complexity index is 984. The molecule has 3 saturated carbocycles. The molecule has 4 aliphatic carbocycles. The maximum absolute atomic E-state index is 14.3. The average Bonchev–Trinajstić information content (AvgIpc) is 3.32. The summed E-state index contributed by atoms with van der Waals surface area (Å²) in [4.78, 5) is 28.8. The van der Waals surface area contributed by atoms with Crippen molar-refractivity contribution in [1.82, 2.24) is 4.90 Å². The van der Waals surface area contributed by atoms with E-state index in [0.717, 1.165) is 63.6 Å². The summed E-state index contributed by atoms with van der Waals surface area (Å²) in [6, 6.07) is 0. The molecule has 0 aromatic carbocycles. The Labute approximate surface area is 215 Å². The molecule has 0 aromatic rings. The maximum atomic E-state index is 14.3. The lowest BCUT2D eigenvalue weighted by atomic mass is 9.46. The van der Waals surface area contributed by atoms with Crippen LogP contribution in [0.4, 0.5) is 0 Å². The Hall–Kier alpha value is -1.34. The molecule has 6 heteroatoms. The second kappa shape index (κ2) is 8.86. The van der Waals surface area contributed by atoms with Gasteiger partial charge in [-0.05, 0) is 82.0 Å². The number of ether oxygens (including phenoxy) is 2. The fourth-order valence-electron chi connectivity index (χ4n) is 9.44. The molecule has 0 amide bonds. The fraction of sp³-hybridized carbons (Fsp3) is 0.800. The van der Waals surface area contributed by atoms with E-state index in [1.165, 1.54) is 6.42 Å². The van der Waals surface area contributed by atoms with E-state index in [0.29, 0.717) is 13.0 Å². The molecule has 2 saturated heterocycles. The Morgan fingerprint density at radius 2 is 2.00 bits per heavy atom. The number of rotatable bonds is 5. The van der Waals surface area contributed by atoms with Crippen LogP contribution < -0.4 is 0 Å². The summed E-state index contributed by atoms with van der Waals surface area (Å²) in [5.41, 5.74) is -0.619. The van der Waals surface area contributed by atoms with Crippen LogP contribution >= 0.6 is 0 Å². The SMILES string of the molecule is CCCC1O[C@@H]2C[C@H]3[C@@H]4CCC5=CC(=O)C=C[C@]5(C)[C@H]4[C@@H](O)C[C@]3(C)[C@]2(C(=O)CN2CCCCC2)O1. The standard InChI is InChI=1S/C30H43NO5/c1-4-8-26-35-25-16-22-21-10-9-19-15-20(32)11-12-28(19,2)27(21)23(33)17-29(22,3)30(25,36-26)24(34)18-31-13-6-5-7-14-31/h11-12,15,21-23,25-27,33H,4-10,13-14,16-18H2,1-3H3/t21-,22-,23-,25+,26?,27+,28-,29-,30+/m0/s1. The van der Waals surface area contributed by atoms with Crippen LogP contribution in [0, 0.1) is 28.6 Å². The van der Waals surface area contributed by atoms with Gasteiger partial charge in [-0.25, -0.2) is 0 Å². The second-order valence-corrected chi connectivity index (χ2v) is 12.9. The largest absolute Gasteiger partial charge is 0.393 e. The number of carbonyl (C=O) groups excluding carboxylic acids is 2. The molecule has 0 radical (unpaired) electrons. The summed E-state index contributed by atoms with van der Waals surface area (Å²) in [6.45, 7) is 8.90. The first-order valence-corrected chi connectivity index (χ1v) is 14.4. The van der Waals surface area contributed by atoms with Crippen molar-refractivity contribution in [3.8, 4) is 0 Å². The molecule has 9 atom stereocenters. The Balaban J connectivity index is 1.36. The zero-order valence-corrected chi connectivity index (χ0v) is 22.2. The van der Waals surface area contributed by atoms with Crippen molar-refractivity contribution in [2.75, 3.05) is 19.6 Å². The first-order valence-electron chi connectivity index (χ1n) is 14.4. The van der Waals surface area contributed by atoms with E-state index >= 15 is 0 Å². The average molecular weight is 498 g/mol. The third-order valence-electron chi connectivity index (χ3n) is 11.0. The molecule has 0 bridgehead atoms. The van der Waals surface area contributed by atoms with Crippen LogP contribution in [0.2, 0.25) is 0 Å². The van der Waals surface area contributed by atoms with Gasteiger partial charge in [0.15, 0.2) is 23.5 Å². The smallest absolute Gasteiger partial charge is 0.181 e. The lowest BCUT2D eigenvalue weighted by molar-refractivity contribution is -0.199. The van der Waals surface area contributed by atoms with E-state index in [4.69, 9.17) is 9.47 Å². The minimum atomic E-state index is -0.990. The van der Waals surface area contributed by atoms with Gasteiger partial charge in [0.25, 0.3) is 0 Å². The van der Waals surface area contributed by atoms with Gasteiger partial charge in [-0.15, -0.1) is 0 Å². The second-order valence-electron chi connectivity index (χ2n) is 12.9. The molecular formula is C30H43NO5. The summed E-state index contributed by atoms with van der Waals surface area (Å²) in [5, 5.41) is 11.8. The van der Waals surface area contributed by atoms with E-state index in [2.05, 4.69) is 25.7 Å². The highest BCUT2D eigenvalue weighted by molar-refractivity contribution is 6.01. The maximum Gasteiger partial charge on any atom is 0.181 e. The van der Waals surface area contributed by atoms with Crippen LogP contribution in [0.25, 0.3) is 0 Å². The van der Waals surface area contributed by atoms with Gasteiger partial charge >= 0.3 is 0 Å². The Morgan fingerprint density at radius 3 is 2.75 bits per heavy atom. The van der Waals surface area contributed by atoms with Crippen LogP contribution in [0.1, 0.15) is 78.6 Å². The molecular weight excluding hydrogens is 454 g/mol. The third-order valence-corrected chi connectivity index (χ3v) is 11.0. The first-order chi connectivity index (χ1) is 17.2. The first kappa shape index (κ1) is 25.0. The van der Waals surface area contributed by atoms with E-state index < -0.39 is 17.1 Å². The summed E-state index contributed by atoms with van der Waals surface area (Å²) in [7, 11) is 0. The number of hydrogen-bond donors (Lipinski definition) is 1. The number of likely N-dealkylation sites (tertiary alicyclic amines) is 1. The number of aliphatic hydroxyl groups is 1. The molecule has 5 fully saturated rings. The summed E-state index contributed by atoms with van der Waals surface area (Å²) >= 11 is 0. The molecule has 36 heavy (non-hydrogen) atoms. The normalized spacial score (nSPS) is 48.1. The lowest BCUT2D eigenvalue weighted by Crippen LogP contribution is -2.64. The molecule has 6 aliphatic rings. The van der Waals surface area contributed by atoms with Gasteiger partial charge in [0.05, 0.1) is 18.8 Å². The van der Waals surface area contributed by atoms with Crippen molar-refractivity contribution in [1.29, 1.82) is 0 Å². The molecule has 2 aliphatic heterocycles. The predicted octanol–water partition coefficient (Wildman–Crippen LogP) is 4.21. The van der Waals surface area contributed by atoms with Crippen molar-refractivity contribution in [3.63, 3.8) is 0 Å². The van der Waals surface area contributed by atoms with Gasteiger partial charge in [-0.3, -0.25) is 14.5 Å². The number of aliphatic hydroxyl groups excluding tert-OH is 1. The van der Waals surface area contributed by atoms with Crippen molar-refractivity contribution < 1.29 is 24.2 Å². The number of fused-ring (bicyclic) bond motifs is 7. The lowest BCUT2D eigenvalue weighted by Gasteiger charge is -2.59. The quantitative estimate of drug-likeness (QED) is 0.613. The third kappa shape index (κ3) is 3.43. The number of allylic oxidation sites excluding steroid dienone is 4. The summed E-state index contributed by atoms with van der Waals surface area (Å²) in [5.74, 6) is 0.764. The number of carbonyl (C=O) groups is 2. The minimum absolute atomic E-state index is 0.0411. The monoisotopic (exact) mass is 497 g/mol. The zero-order chi connectivity index (χ0) is 25.3. The number of nitrogens with zero attached hydrogens (tertiary/aromatic N) is 1. The van der Waals surface area contributed by atoms with E-state index in [1.54, 1.807) is 12.2 Å². The molecule has 1 N–H and O–H groups in total. The van der Waals surface area contributed by atoms with Crippen LogP contribution in [-0.2, 0) is 19.1 Å². The summed E-state index contributed by atoms with van der Waals surface area (Å²) < 4.78 is 13.3. The molecule has 6 rings (SSSR count). The van der Waals surface area contributed by atoms with Crippen LogP contribution in [0.3, 0.4) is 0 Å².